The van der Waals surface area contributed by atoms with Gasteiger partial charge in [-0.05, 0) is 19.8 Å². The maximum absolute atomic E-state index is 12.7. The largest absolute Gasteiger partial charge is 0.348 e. The normalized spacial score (nSPS) is 24.1. The van der Waals surface area contributed by atoms with Crippen molar-refractivity contribution in [3.8, 4) is 0 Å². The Balaban J connectivity index is 2.18. The molecule has 7 nitrogen and oxygen atoms in total. The number of hydrogen-bond acceptors (Lipinski definition) is 5. The summed E-state index contributed by atoms with van der Waals surface area (Å²) in [6.45, 7) is 1.38. The average Bonchev–Trinajstić information content (AvgIpc) is 3.19. The zero-order valence-corrected chi connectivity index (χ0v) is 15.0. The number of rotatable bonds is 5. The van der Waals surface area contributed by atoms with Gasteiger partial charge < -0.3 is 9.80 Å². The molecule has 0 bridgehead atoms. The summed E-state index contributed by atoms with van der Waals surface area (Å²) < 4.78 is 26.6. The van der Waals surface area contributed by atoms with Crippen LogP contribution in [0.1, 0.15) is 19.8 Å². The maximum atomic E-state index is 12.7. The van der Waals surface area contributed by atoms with E-state index in [4.69, 9.17) is 0 Å². The Morgan fingerprint density at radius 3 is 2.32 bits per heavy atom. The van der Waals surface area contributed by atoms with Crippen LogP contribution in [0, 0.1) is 0 Å². The molecule has 0 aromatic heterocycles. The van der Waals surface area contributed by atoms with Crippen LogP contribution in [0.3, 0.4) is 0 Å². The molecule has 2 aliphatic rings. The van der Waals surface area contributed by atoms with Crippen LogP contribution in [0.5, 0.6) is 0 Å². The first-order valence-corrected chi connectivity index (χ1v) is 9.90. The molecule has 2 rings (SSSR count). The summed E-state index contributed by atoms with van der Waals surface area (Å²) in [7, 11) is 0.931. The van der Waals surface area contributed by atoms with Crippen molar-refractivity contribution in [2.24, 2.45) is 0 Å². The van der Waals surface area contributed by atoms with Gasteiger partial charge in [0.1, 0.15) is 6.04 Å². The number of carbonyl (C=O) groups is 2. The van der Waals surface area contributed by atoms with Gasteiger partial charge in [-0.3, -0.25) is 9.59 Å². The summed E-state index contributed by atoms with van der Waals surface area (Å²) in [5, 5.41) is -1.18. The number of sulfonamides is 1. The minimum atomic E-state index is -3.84. The summed E-state index contributed by atoms with van der Waals surface area (Å²) in [5.74, 6) is 0.0273. The van der Waals surface area contributed by atoms with E-state index in [0.29, 0.717) is 5.75 Å². The molecule has 2 amide bonds. The third-order valence-electron chi connectivity index (χ3n) is 4.13. The Labute approximate surface area is 136 Å². The molecule has 2 unspecified atom stereocenters. The molecular formula is C13H23N3O4S2. The van der Waals surface area contributed by atoms with E-state index in [2.05, 4.69) is 0 Å². The molecule has 2 fully saturated rings. The van der Waals surface area contributed by atoms with E-state index < -0.39 is 27.2 Å². The van der Waals surface area contributed by atoms with Crippen LogP contribution >= 0.6 is 11.8 Å². The van der Waals surface area contributed by atoms with Gasteiger partial charge >= 0.3 is 0 Å². The molecule has 1 saturated carbocycles. The molecule has 2 atom stereocenters. The van der Waals surface area contributed by atoms with E-state index in [9.17, 15) is 18.0 Å². The van der Waals surface area contributed by atoms with E-state index in [1.807, 2.05) is 0 Å². The van der Waals surface area contributed by atoms with Gasteiger partial charge in [-0.2, -0.15) is 4.31 Å². The molecular weight excluding hydrogens is 326 g/mol. The van der Waals surface area contributed by atoms with Crippen LogP contribution in [0.4, 0.5) is 0 Å². The lowest BCUT2D eigenvalue weighted by Gasteiger charge is -2.29. The number of carbonyl (C=O) groups excluding carboxylic acids is 2. The van der Waals surface area contributed by atoms with E-state index in [-0.39, 0.29) is 17.8 Å². The molecule has 0 spiro atoms. The Bertz CT molecular complexity index is 560. The Morgan fingerprint density at radius 2 is 1.82 bits per heavy atom. The molecule has 1 saturated heterocycles. The van der Waals surface area contributed by atoms with Crippen LogP contribution in [0.25, 0.3) is 0 Å². The zero-order chi connectivity index (χ0) is 16.7. The quantitative estimate of drug-likeness (QED) is 0.686. The van der Waals surface area contributed by atoms with Crippen molar-refractivity contribution in [1.82, 2.24) is 14.1 Å². The fourth-order valence-electron chi connectivity index (χ4n) is 2.44. The predicted molar refractivity (Wildman–Crippen MR) is 85.8 cm³/mol. The summed E-state index contributed by atoms with van der Waals surface area (Å²) in [6.07, 6.45) is 1.95. The minimum Gasteiger partial charge on any atom is -0.348 e. The van der Waals surface area contributed by atoms with Crippen LogP contribution in [-0.4, -0.2) is 84.4 Å². The van der Waals surface area contributed by atoms with E-state index in [1.165, 1.54) is 42.0 Å². The van der Waals surface area contributed by atoms with Crippen molar-refractivity contribution in [3.63, 3.8) is 0 Å². The Hall–Kier alpha value is -0.800. The van der Waals surface area contributed by atoms with Crippen molar-refractivity contribution < 1.29 is 18.0 Å². The van der Waals surface area contributed by atoms with Gasteiger partial charge in [0.2, 0.25) is 21.8 Å². The highest BCUT2D eigenvalue weighted by atomic mass is 32.2. The fourth-order valence-corrected chi connectivity index (χ4v) is 5.75. The lowest BCUT2D eigenvalue weighted by molar-refractivity contribution is -0.133. The topological polar surface area (TPSA) is 78.0 Å². The van der Waals surface area contributed by atoms with Crippen molar-refractivity contribution in [3.05, 3.63) is 0 Å². The van der Waals surface area contributed by atoms with Crippen LogP contribution in [0.15, 0.2) is 0 Å². The van der Waals surface area contributed by atoms with E-state index in [0.717, 1.165) is 12.8 Å². The molecule has 126 valence electrons. The molecule has 0 aromatic carbocycles. The molecule has 9 heteroatoms. The van der Waals surface area contributed by atoms with Crippen LogP contribution < -0.4 is 0 Å². The second-order valence-corrected chi connectivity index (χ2v) is 9.21. The number of hydrogen-bond donors (Lipinski definition) is 0. The van der Waals surface area contributed by atoms with Crippen molar-refractivity contribution in [2.45, 2.75) is 37.1 Å². The molecule has 22 heavy (non-hydrogen) atoms. The first-order chi connectivity index (χ1) is 10.2. The van der Waals surface area contributed by atoms with E-state index >= 15 is 0 Å². The van der Waals surface area contributed by atoms with Gasteiger partial charge in [0, 0.05) is 32.9 Å². The number of thioether (sulfide) groups is 1. The first-order valence-electron chi connectivity index (χ1n) is 7.24. The van der Waals surface area contributed by atoms with Gasteiger partial charge in [-0.25, -0.2) is 8.42 Å². The van der Waals surface area contributed by atoms with Gasteiger partial charge in [0.05, 0.1) is 5.88 Å². The second kappa shape index (κ2) is 6.37. The SMILES string of the molecule is CC(C(=O)N(C)C)S(=O)(=O)N1CSCC1C(=O)N(C)C1CC1. The van der Waals surface area contributed by atoms with Crippen molar-refractivity contribution in [2.75, 3.05) is 32.8 Å². The fraction of sp³-hybridized carbons (Fsp3) is 0.846. The zero-order valence-electron chi connectivity index (χ0n) is 13.4. The smallest absolute Gasteiger partial charge is 0.241 e. The minimum absolute atomic E-state index is 0.166. The third-order valence-corrected chi connectivity index (χ3v) is 7.44. The lowest BCUT2D eigenvalue weighted by Crippen LogP contribution is -2.52. The number of nitrogens with zero attached hydrogens (tertiary/aromatic N) is 3. The van der Waals surface area contributed by atoms with Gasteiger partial charge in [0.15, 0.2) is 5.25 Å². The van der Waals surface area contributed by atoms with Crippen LogP contribution in [-0.2, 0) is 19.6 Å². The second-order valence-electron chi connectivity index (χ2n) is 6.00. The lowest BCUT2D eigenvalue weighted by atomic mass is 10.3. The highest BCUT2D eigenvalue weighted by molar-refractivity contribution is 8.00. The summed E-state index contributed by atoms with van der Waals surface area (Å²) in [5.41, 5.74) is 0. The van der Waals surface area contributed by atoms with Gasteiger partial charge in [-0.15, -0.1) is 11.8 Å². The highest BCUT2D eigenvalue weighted by Crippen LogP contribution is 2.31. The van der Waals surface area contributed by atoms with E-state index in [1.54, 1.807) is 11.9 Å². The van der Waals surface area contributed by atoms with Gasteiger partial charge in [-0.1, -0.05) is 0 Å². The molecule has 0 aromatic rings. The maximum Gasteiger partial charge on any atom is 0.241 e. The molecule has 1 aliphatic carbocycles. The van der Waals surface area contributed by atoms with Crippen molar-refractivity contribution >= 4 is 33.6 Å². The standard InChI is InChI=1S/C13H23N3O4S2/c1-9(12(17)14(2)3)22(19,20)16-8-21-7-11(16)13(18)15(4)10-5-6-10/h9-11H,5-8H2,1-4H3. The Morgan fingerprint density at radius 1 is 1.23 bits per heavy atom. The predicted octanol–water partition coefficient (Wildman–Crippen LogP) is -0.211. The third kappa shape index (κ3) is 3.26. The van der Waals surface area contributed by atoms with Gasteiger partial charge in [0.25, 0.3) is 0 Å². The molecule has 1 aliphatic heterocycles. The molecule has 0 radical (unpaired) electrons. The number of likely N-dealkylation sites (N-methyl/N-ethyl adjacent to an activating group) is 1. The molecule has 0 N–H and O–H groups in total. The highest BCUT2D eigenvalue weighted by Gasteiger charge is 2.46. The van der Waals surface area contributed by atoms with Crippen molar-refractivity contribution in [1.29, 1.82) is 0 Å². The monoisotopic (exact) mass is 349 g/mol. The molecule has 1 heterocycles. The summed E-state index contributed by atoms with van der Waals surface area (Å²) in [6, 6.07) is -0.457. The summed E-state index contributed by atoms with van der Waals surface area (Å²) in [4.78, 5) is 27.4. The number of amides is 2. The average molecular weight is 349 g/mol. The summed E-state index contributed by atoms with van der Waals surface area (Å²) >= 11 is 1.41. The van der Waals surface area contributed by atoms with Crippen LogP contribution in [0.2, 0.25) is 0 Å². The first kappa shape index (κ1) is 17.6. The Kier molecular flexibility index (Phi) is 5.08.